The fourth-order valence-electron chi connectivity index (χ4n) is 1.82. The van der Waals surface area contributed by atoms with Crippen LogP contribution < -0.4 is 0 Å². The van der Waals surface area contributed by atoms with E-state index in [0.29, 0.717) is 12.8 Å². The van der Waals surface area contributed by atoms with Gasteiger partial charge in [0, 0.05) is 14.2 Å². The van der Waals surface area contributed by atoms with Crippen LogP contribution in [0.25, 0.3) is 0 Å². The smallest absolute Gasteiger partial charge is 0.338 e. The van der Waals surface area contributed by atoms with E-state index in [-0.39, 0.29) is 0 Å². The molecule has 0 heterocycles. The Kier molecular flexibility index (Phi) is 5.79. The van der Waals surface area contributed by atoms with Gasteiger partial charge in [0.25, 0.3) is 0 Å². The molecule has 0 aromatic carbocycles. The average molecular weight is 220 g/mol. The minimum atomic E-state index is -1.47. The van der Waals surface area contributed by atoms with Crippen molar-refractivity contribution in [3.05, 3.63) is 0 Å². The number of hydrogen-bond acceptors (Lipinski definition) is 4. The molecule has 0 saturated heterocycles. The number of aliphatic hydroxyl groups is 1. The second kappa shape index (κ2) is 6.05. The van der Waals surface area contributed by atoms with E-state index >= 15 is 0 Å². The summed E-state index contributed by atoms with van der Waals surface area (Å²) in [5, 5.41) is 18.7. The minimum Gasteiger partial charge on any atom is -0.479 e. The number of carboxylic acids is 1. The molecule has 0 amide bonds. The number of methoxy groups -OCH3 is 2. The molecule has 0 radical (unpaired) electrons. The summed E-state index contributed by atoms with van der Waals surface area (Å²) >= 11 is 0. The van der Waals surface area contributed by atoms with Gasteiger partial charge in [0.05, 0.1) is 6.10 Å². The first kappa shape index (κ1) is 14.3. The summed E-state index contributed by atoms with van der Waals surface area (Å²) in [5.74, 6) is -1.11. The maximum absolute atomic E-state index is 11.2. The van der Waals surface area contributed by atoms with E-state index in [0.717, 1.165) is 0 Å². The number of aliphatic carboxylic acids is 1. The van der Waals surface area contributed by atoms with Crippen molar-refractivity contribution < 1.29 is 24.5 Å². The van der Waals surface area contributed by atoms with Crippen molar-refractivity contribution in [2.24, 2.45) is 0 Å². The second-order valence-corrected chi connectivity index (χ2v) is 3.55. The predicted octanol–water partition coefficient (Wildman–Crippen LogP) is 0.652. The van der Waals surface area contributed by atoms with Gasteiger partial charge in [-0.3, -0.25) is 0 Å². The third kappa shape index (κ3) is 2.90. The van der Waals surface area contributed by atoms with E-state index in [1.165, 1.54) is 21.1 Å². The Morgan fingerprint density at radius 2 is 2.00 bits per heavy atom. The first-order valence-corrected chi connectivity index (χ1v) is 4.95. The zero-order chi connectivity index (χ0) is 12.1. The van der Waals surface area contributed by atoms with Crippen molar-refractivity contribution in [3.8, 4) is 0 Å². The van der Waals surface area contributed by atoms with Gasteiger partial charge in [0.2, 0.25) is 0 Å². The maximum Gasteiger partial charge on any atom is 0.338 e. The molecule has 0 aliphatic heterocycles. The molecule has 5 heteroatoms. The predicted molar refractivity (Wildman–Crippen MR) is 54.8 cm³/mol. The molecule has 3 unspecified atom stereocenters. The Hall–Kier alpha value is -0.650. The second-order valence-electron chi connectivity index (χ2n) is 3.55. The first-order chi connectivity index (χ1) is 6.96. The lowest BCUT2D eigenvalue weighted by atomic mass is 9.88. The molecule has 15 heavy (non-hydrogen) atoms. The number of hydrogen-bond donors (Lipinski definition) is 2. The van der Waals surface area contributed by atoms with Crippen LogP contribution in [0.3, 0.4) is 0 Å². The Bertz CT molecular complexity index is 204. The molecule has 90 valence electrons. The summed E-state index contributed by atoms with van der Waals surface area (Å²) in [6.45, 7) is 3.34. The molecule has 0 rings (SSSR count). The van der Waals surface area contributed by atoms with Gasteiger partial charge in [0.1, 0.15) is 6.10 Å². The molecule has 0 fully saturated rings. The average Bonchev–Trinajstić information content (AvgIpc) is 2.16. The third-order valence-electron chi connectivity index (χ3n) is 2.50. The Morgan fingerprint density at radius 3 is 2.20 bits per heavy atom. The van der Waals surface area contributed by atoms with Gasteiger partial charge in [-0.15, -0.1) is 0 Å². The summed E-state index contributed by atoms with van der Waals surface area (Å²) in [6, 6.07) is 0. The fraction of sp³-hybridized carbons (Fsp3) is 0.900. The summed E-state index contributed by atoms with van der Waals surface area (Å²) < 4.78 is 10.1. The molecule has 5 nitrogen and oxygen atoms in total. The van der Waals surface area contributed by atoms with Crippen LogP contribution in [0.1, 0.15) is 26.7 Å². The van der Waals surface area contributed by atoms with Crippen LogP contribution in [0.2, 0.25) is 0 Å². The molecule has 0 aliphatic carbocycles. The van der Waals surface area contributed by atoms with Gasteiger partial charge < -0.3 is 19.7 Å². The standard InChI is InChI=1S/C10H20O5/c1-5-6-10(15-4,9(12)13)8(14-3)7(2)11/h7-8,11H,5-6H2,1-4H3,(H,12,13). The van der Waals surface area contributed by atoms with Crippen molar-refractivity contribution in [2.45, 2.75) is 44.5 Å². The molecule has 0 aromatic heterocycles. The van der Waals surface area contributed by atoms with Crippen LogP contribution in [0.4, 0.5) is 0 Å². The molecule has 0 aromatic rings. The highest BCUT2D eigenvalue weighted by Crippen LogP contribution is 2.27. The lowest BCUT2D eigenvalue weighted by Crippen LogP contribution is -2.56. The lowest BCUT2D eigenvalue weighted by molar-refractivity contribution is -0.194. The van der Waals surface area contributed by atoms with E-state index in [1.54, 1.807) is 0 Å². The Balaban J connectivity index is 5.10. The van der Waals surface area contributed by atoms with Gasteiger partial charge in [-0.05, 0) is 13.3 Å². The molecule has 3 atom stereocenters. The molecule has 0 aliphatic rings. The monoisotopic (exact) mass is 220 g/mol. The van der Waals surface area contributed by atoms with Crippen molar-refractivity contribution in [1.82, 2.24) is 0 Å². The van der Waals surface area contributed by atoms with E-state index < -0.39 is 23.8 Å². The molecule has 0 bridgehead atoms. The zero-order valence-corrected chi connectivity index (χ0v) is 9.69. The van der Waals surface area contributed by atoms with Gasteiger partial charge in [-0.2, -0.15) is 0 Å². The fourth-order valence-corrected chi connectivity index (χ4v) is 1.82. The first-order valence-electron chi connectivity index (χ1n) is 4.95. The number of ether oxygens (including phenoxy) is 2. The topological polar surface area (TPSA) is 76.0 Å². The summed E-state index contributed by atoms with van der Waals surface area (Å²) in [5.41, 5.74) is -1.47. The molecule has 0 saturated carbocycles. The molecule has 2 N–H and O–H groups in total. The highest BCUT2D eigenvalue weighted by molar-refractivity contribution is 5.78. The molecule has 0 spiro atoms. The molecular formula is C10H20O5. The van der Waals surface area contributed by atoms with Gasteiger partial charge >= 0.3 is 5.97 Å². The van der Waals surface area contributed by atoms with E-state index in [1.807, 2.05) is 6.92 Å². The van der Waals surface area contributed by atoms with Crippen LogP contribution >= 0.6 is 0 Å². The van der Waals surface area contributed by atoms with Crippen molar-refractivity contribution in [1.29, 1.82) is 0 Å². The Morgan fingerprint density at radius 1 is 1.47 bits per heavy atom. The third-order valence-corrected chi connectivity index (χ3v) is 2.50. The Labute approximate surface area is 90.0 Å². The summed E-state index contributed by atoms with van der Waals surface area (Å²) in [4.78, 5) is 11.2. The lowest BCUT2D eigenvalue weighted by Gasteiger charge is -2.36. The number of carboxylic acid groups (broad SMARTS) is 1. The van der Waals surface area contributed by atoms with Gasteiger partial charge in [-0.1, -0.05) is 13.3 Å². The van der Waals surface area contributed by atoms with Crippen LogP contribution in [0.5, 0.6) is 0 Å². The SMILES string of the molecule is CCCC(OC)(C(=O)O)C(OC)C(C)O. The number of carbonyl (C=O) groups is 1. The van der Waals surface area contributed by atoms with E-state index in [2.05, 4.69) is 0 Å². The van der Waals surface area contributed by atoms with Crippen molar-refractivity contribution >= 4 is 5.97 Å². The largest absolute Gasteiger partial charge is 0.479 e. The van der Waals surface area contributed by atoms with Crippen molar-refractivity contribution in [2.75, 3.05) is 14.2 Å². The molecular weight excluding hydrogens is 200 g/mol. The van der Waals surface area contributed by atoms with E-state index in [4.69, 9.17) is 9.47 Å². The van der Waals surface area contributed by atoms with Crippen LogP contribution in [-0.2, 0) is 14.3 Å². The quantitative estimate of drug-likeness (QED) is 0.659. The summed E-state index contributed by atoms with van der Waals surface area (Å²) in [7, 11) is 2.68. The van der Waals surface area contributed by atoms with Crippen LogP contribution in [0.15, 0.2) is 0 Å². The van der Waals surface area contributed by atoms with E-state index in [9.17, 15) is 15.0 Å². The normalized spacial score (nSPS) is 19.3. The highest BCUT2D eigenvalue weighted by atomic mass is 16.6. The summed E-state index contributed by atoms with van der Waals surface area (Å²) in [6.07, 6.45) is -0.854. The van der Waals surface area contributed by atoms with Gasteiger partial charge in [-0.25, -0.2) is 4.79 Å². The van der Waals surface area contributed by atoms with Crippen LogP contribution in [-0.4, -0.2) is 48.2 Å². The van der Waals surface area contributed by atoms with Gasteiger partial charge in [0.15, 0.2) is 5.60 Å². The van der Waals surface area contributed by atoms with Crippen molar-refractivity contribution in [3.63, 3.8) is 0 Å². The highest BCUT2D eigenvalue weighted by Gasteiger charge is 2.48. The maximum atomic E-state index is 11.2. The zero-order valence-electron chi connectivity index (χ0n) is 9.69. The number of aliphatic hydroxyl groups excluding tert-OH is 1. The number of rotatable bonds is 7. The van der Waals surface area contributed by atoms with Crippen LogP contribution in [0, 0.1) is 0 Å². The minimum absolute atomic E-state index is 0.294.